The smallest absolute Gasteiger partial charge is 0.253 e. The van der Waals surface area contributed by atoms with Crippen LogP contribution in [0.25, 0.3) is 16.6 Å². The first-order valence-electron chi connectivity index (χ1n) is 8.58. The van der Waals surface area contributed by atoms with E-state index in [2.05, 4.69) is 20.6 Å². The first-order valence-corrected chi connectivity index (χ1v) is 8.58. The van der Waals surface area contributed by atoms with Crippen LogP contribution in [0, 0.1) is 12.7 Å². The molecule has 0 saturated carbocycles. The van der Waals surface area contributed by atoms with Gasteiger partial charge in [-0.3, -0.25) is 9.89 Å². The second-order valence-electron chi connectivity index (χ2n) is 6.41. The molecule has 0 radical (unpaired) electrons. The highest BCUT2D eigenvalue weighted by atomic mass is 19.1. The number of nitrogens with one attached hydrogen (secondary N) is 2. The number of H-pyrrole nitrogens is 1. The number of benzene rings is 2. The average molecular weight is 363 g/mol. The summed E-state index contributed by atoms with van der Waals surface area (Å²) in [4.78, 5) is 12.7. The Labute approximate surface area is 155 Å². The molecule has 0 unspecified atom stereocenters. The number of halogens is 1. The van der Waals surface area contributed by atoms with Crippen molar-refractivity contribution in [2.75, 3.05) is 0 Å². The molecule has 2 N–H and O–H groups in total. The Morgan fingerprint density at radius 1 is 1.19 bits per heavy atom. The molecule has 0 bridgehead atoms. The quantitative estimate of drug-likeness (QED) is 0.581. The van der Waals surface area contributed by atoms with E-state index < -0.39 is 0 Å². The van der Waals surface area contributed by atoms with Crippen LogP contribution in [-0.2, 0) is 0 Å². The molecule has 27 heavy (non-hydrogen) atoms. The van der Waals surface area contributed by atoms with E-state index in [0.29, 0.717) is 11.1 Å². The van der Waals surface area contributed by atoms with Crippen LogP contribution in [-0.4, -0.2) is 25.9 Å². The molecule has 6 nitrogen and oxygen atoms in total. The molecule has 0 aliphatic rings. The molecule has 7 heteroatoms. The van der Waals surface area contributed by atoms with Gasteiger partial charge in [-0.15, -0.1) is 0 Å². The van der Waals surface area contributed by atoms with Gasteiger partial charge in [0, 0.05) is 16.6 Å². The average Bonchev–Trinajstić information content (AvgIpc) is 3.28. The van der Waals surface area contributed by atoms with E-state index in [-0.39, 0.29) is 17.8 Å². The number of fused-ring (bicyclic) bond motifs is 1. The summed E-state index contributed by atoms with van der Waals surface area (Å²) in [7, 11) is 0. The fraction of sp³-hybridized carbons (Fsp3) is 0.150. The maximum atomic E-state index is 13.1. The van der Waals surface area contributed by atoms with Crippen LogP contribution in [0.4, 0.5) is 4.39 Å². The number of amides is 1. The number of rotatable bonds is 4. The van der Waals surface area contributed by atoms with Crippen molar-refractivity contribution in [2.24, 2.45) is 0 Å². The van der Waals surface area contributed by atoms with Crippen molar-refractivity contribution in [1.82, 2.24) is 25.3 Å². The van der Waals surface area contributed by atoms with E-state index in [4.69, 9.17) is 0 Å². The van der Waals surface area contributed by atoms with E-state index in [9.17, 15) is 9.18 Å². The predicted molar refractivity (Wildman–Crippen MR) is 100 cm³/mol. The molecular weight excluding hydrogens is 345 g/mol. The first-order chi connectivity index (χ1) is 13.0. The number of carbonyl (C=O) groups excluding carboxylic acids is 1. The van der Waals surface area contributed by atoms with Gasteiger partial charge in [0.2, 0.25) is 0 Å². The van der Waals surface area contributed by atoms with Gasteiger partial charge in [-0.25, -0.2) is 9.07 Å². The van der Waals surface area contributed by atoms with Crippen molar-refractivity contribution < 1.29 is 9.18 Å². The van der Waals surface area contributed by atoms with Crippen LogP contribution in [0.3, 0.4) is 0 Å². The van der Waals surface area contributed by atoms with Crippen LogP contribution in [0.2, 0.25) is 0 Å². The highest BCUT2D eigenvalue weighted by Crippen LogP contribution is 2.22. The molecule has 136 valence electrons. The Hall–Kier alpha value is -3.48. The number of aromatic nitrogens is 4. The van der Waals surface area contributed by atoms with Gasteiger partial charge in [0.15, 0.2) is 0 Å². The zero-order valence-electron chi connectivity index (χ0n) is 14.9. The topological polar surface area (TPSA) is 75.6 Å². The van der Waals surface area contributed by atoms with Gasteiger partial charge in [0.1, 0.15) is 5.82 Å². The summed E-state index contributed by atoms with van der Waals surface area (Å²) in [6.07, 6.45) is 3.41. The highest BCUT2D eigenvalue weighted by molar-refractivity contribution is 6.05. The standard InChI is InChI=1S/C20H18FN5O/c1-12(24-20(27)17-5-3-4-14-10-22-25-19(14)17)18-11-23-26(13(18)2)16-8-6-15(21)7-9-16/h3-12H,1-2H3,(H,22,25)(H,24,27)/t12-/m0/s1. The fourth-order valence-electron chi connectivity index (χ4n) is 3.20. The molecule has 2 aromatic carbocycles. The van der Waals surface area contributed by atoms with Gasteiger partial charge in [0.25, 0.3) is 5.91 Å². The zero-order chi connectivity index (χ0) is 19.0. The lowest BCUT2D eigenvalue weighted by Crippen LogP contribution is -2.27. The van der Waals surface area contributed by atoms with Crippen molar-refractivity contribution in [1.29, 1.82) is 0 Å². The van der Waals surface area contributed by atoms with Gasteiger partial charge in [-0.05, 0) is 44.2 Å². The fourth-order valence-corrected chi connectivity index (χ4v) is 3.20. The van der Waals surface area contributed by atoms with Crippen molar-refractivity contribution in [3.8, 4) is 5.69 Å². The third-order valence-corrected chi connectivity index (χ3v) is 4.65. The summed E-state index contributed by atoms with van der Waals surface area (Å²) < 4.78 is 14.9. The molecular formula is C20H18FN5O. The van der Waals surface area contributed by atoms with Gasteiger partial charge >= 0.3 is 0 Å². The molecule has 4 rings (SSSR count). The molecule has 0 aliphatic carbocycles. The molecule has 4 aromatic rings. The highest BCUT2D eigenvalue weighted by Gasteiger charge is 2.18. The number of aromatic amines is 1. The summed E-state index contributed by atoms with van der Waals surface area (Å²) >= 11 is 0. The Balaban J connectivity index is 1.58. The minimum Gasteiger partial charge on any atom is -0.345 e. The van der Waals surface area contributed by atoms with Gasteiger partial charge in [-0.2, -0.15) is 10.2 Å². The summed E-state index contributed by atoms with van der Waals surface area (Å²) in [5, 5.41) is 15.1. The minimum atomic E-state index is -0.294. The van der Waals surface area contributed by atoms with Gasteiger partial charge in [0.05, 0.1) is 35.2 Å². The first kappa shape index (κ1) is 17.0. The van der Waals surface area contributed by atoms with Crippen molar-refractivity contribution in [3.05, 3.63) is 77.5 Å². The van der Waals surface area contributed by atoms with E-state index in [1.165, 1.54) is 12.1 Å². The van der Waals surface area contributed by atoms with Gasteiger partial charge < -0.3 is 5.32 Å². The molecule has 2 aromatic heterocycles. The lowest BCUT2D eigenvalue weighted by molar-refractivity contribution is 0.0941. The third kappa shape index (κ3) is 3.08. The largest absolute Gasteiger partial charge is 0.345 e. The third-order valence-electron chi connectivity index (χ3n) is 4.65. The number of carbonyl (C=O) groups is 1. The predicted octanol–water partition coefficient (Wildman–Crippen LogP) is 3.69. The zero-order valence-corrected chi connectivity index (χ0v) is 14.9. The summed E-state index contributed by atoms with van der Waals surface area (Å²) in [6.45, 7) is 3.83. The van der Waals surface area contributed by atoms with Crippen LogP contribution in [0.5, 0.6) is 0 Å². The van der Waals surface area contributed by atoms with E-state index in [1.54, 1.807) is 35.3 Å². The Morgan fingerprint density at radius 3 is 2.74 bits per heavy atom. The maximum Gasteiger partial charge on any atom is 0.253 e. The minimum absolute atomic E-state index is 0.189. The normalized spacial score (nSPS) is 12.3. The number of hydrogen-bond acceptors (Lipinski definition) is 3. The number of hydrogen-bond donors (Lipinski definition) is 2. The Bertz CT molecular complexity index is 1110. The van der Waals surface area contributed by atoms with E-state index in [1.807, 2.05) is 26.0 Å². The van der Waals surface area contributed by atoms with Crippen LogP contribution in [0.1, 0.15) is 34.6 Å². The maximum absolute atomic E-state index is 13.1. The molecule has 2 heterocycles. The van der Waals surface area contributed by atoms with Crippen molar-refractivity contribution in [2.45, 2.75) is 19.9 Å². The lowest BCUT2D eigenvalue weighted by Gasteiger charge is -2.14. The Morgan fingerprint density at radius 2 is 1.96 bits per heavy atom. The molecule has 1 amide bonds. The van der Waals surface area contributed by atoms with E-state index >= 15 is 0 Å². The second kappa shape index (κ2) is 6.68. The SMILES string of the molecule is Cc1c([C@H](C)NC(=O)c2cccc3cn[nH]c23)cnn1-c1ccc(F)cc1. The van der Waals surface area contributed by atoms with Crippen molar-refractivity contribution >= 4 is 16.8 Å². The molecule has 0 aliphatic heterocycles. The van der Waals surface area contributed by atoms with E-state index in [0.717, 1.165) is 22.3 Å². The summed E-state index contributed by atoms with van der Waals surface area (Å²) in [5.41, 5.74) is 3.79. The van der Waals surface area contributed by atoms with Crippen LogP contribution >= 0.6 is 0 Å². The monoisotopic (exact) mass is 363 g/mol. The molecule has 0 fully saturated rings. The van der Waals surface area contributed by atoms with Crippen LogP contribution < -0.4 is 5.32 Å². The number of nitrogens with zero attached hydrogens (tertiary/aromatic N) is 3. The second-order valence-corrected chi connectivity index (χ2v) is 6.41. The Kier molecular flexibility index (Phi) is 4.19. The number of para-hydroxylation sites is 1. The van der Waals surface area contributed by atoms with Gasteiger partial charge in [-0.1, -0.05) is 12.1 Å². The van der Waals surface area contributed by atoms with Crippen molar-refractivity contribution in [3.63, 3.8) is 0 Å². The molecule has 0 spiro atoms. The molecule has 0 saturated heterocycles. The summed E-state index contributed by atoms with van der Waals surface area (Å²) in [5.74, 6) is -0.483. The van der Waals surface area contributed by atoms with Crippen LogP contribution in [0.15, 0.2) is 54.9 Å². The lowest BCUT2D eigenvalue weighted by atomic mass is 10.1. The molecule has 1 atom stereocenters. The summed E-state index contributed by atoms with van der Waals surface area (Å²) in [6, 6.07) is 11.4.